The lowest BCUT2D eigenvalue weighted by molar-refractivity contribution is -0.138. The fourth-order valence-electron chi connectivity index (χ4n) is 5.60. The van der Waals surface area contributed by atoms with Crippen LogP contribution in [0.2, 0.25) is 0 Å². The number of nitrogens with zero attached hydrogens (tertiary/aromatic N) is 2. The normalized spacial score (nSPS) is 15.5. The van der Waals surface area contributed by atoms with E-state index in [1.807, 2.05) is 72.8 Å². The highest BCUT2D eigenvalue weighted by Gasteiger charge is 2.35. The summed E-state index contributed by atoms with van der Waals surface area (Å²) < 4.78 is 13.1. The van der Waals surface area contributed by atoms with E-state index < -0.39 is 12.0 Å². The Hall–Kier alpha value is -4.43. The summed E-state index contributed by atoms with van der Waals surface area (Å²) in [6.45, 7) is 14.3. The molecule has 0 bridgehead atoms. The molecule has 0 aliphatic carbocycles. The van der Waals surface area contributed by atoms with Gasteiger partial charge in [0.1, 0.15) is 11.5 Å². The second kappa shape index (κ2) is 12.2. The summed E-state index contributed by atoms with van der Waals surface area (Å²) in [5.74, 6) is 0.341. The van der Waals surface area contributed by atoms with Crippen molar-refractivity contribution in [2.75, 3.05) is 13.7 Å². The van der Waals surface area contributed by atoms with Crippen molar-refractivity contribution in [2.45, 2.75) is 65.3 Å². The maximum atomic E-state index is 14.4. The van der Waals surface area contributed by atoms with E-state index in [4.69, 9.17) is 14.5 Å². The number of aromatic nitrogens is 1. The number of benzene rings is 3. The Morgan fingerprint density at radius 3 is 2.20 bits per heavy atom. The third-order valence-electron chi connectivity index (χ3n) is 7.83. The summed E-state index contributed by atoms with van der Waals surface area (Å²) in [6.07, 6.45) is 1.85. The molecule has 0 fully saturated rings. The van der Waals surface area contributed by atoms with E-state index in [0.717, 1.165) is 22.3 Å². The predicted octanol–water partition coefficient (Wildman–Crippen LogP) is 6.24. The van der Waals surface area contributed by atoms with Gasteiger partial charge < -0.3 is 14.6 Å². The van der Waals surface area contributed by atoms with Gasteiger partial charge in [-0.15, -0.1) is 0 Å². The minimum atomic E-state index is -0.803. The van der Waals surface area contributed by atoms with Crippen LogP contribution in [0.1, 0.15) is 82.3 Å². The molecular formula is C37H40N2O5S. The SMILES string of the molecule is CCOC(=O)C1=C(c2ccccc2)N=c2s/c(=C/c3cc(C(C)(C)C)c(O)c(C(C)(C)C)c3)c(=O)n2[C@H]1c1cccc(OC)c1. The first kappa shape index (κ1) is 32.0. The molecule has 1 atom stereocenters. The summed E-state index contributed by atoms with van der Waals surface area (Å²) in [6, 6.07) is 19.9. The van der Waals surface area contributed by atoms with E-state index in [2.05, 4.69) is 41.5 Å². The lowest BCUT2D eigenvalue weighted by Gasteiger charge is -2.27. The number of phenols is 1. The van der Waals surface area contributed by atoms with Gasteiger partial charge in [0.05, 0.1) is 35.6 Å². The number of esters is 1. The van der Waals surface area contributed by atoms with Crippen molar-refractivity contribution in [3.63, 3.8) is 0 Å². The summed E-state index contributed by atoms with van der Waals surface area (Å²) in [5, 5.41) is 11.3. The summed E-state index contributed by atoms with van der Waals surface area (Å²) in [4.78, 5) is 33.5. The lowest BCUT2D eigenvalue weighted by atomic mass is 9.78. The quantitative estimate of drug-likeness (QED) is 0.257. The van der Waals surface area contributed by atoms with Crippen LogP contribution in [0.5, 0.6) is 11.5 Å². The van der Waals surface area contributed by atoms with Gasteiger partial charge in [0, 0.05) is 16.7 Å². The van der Waals surface area contributed by atoms with Crippen molar-refractivity contribution in [2.24, 2.45) is 4.99 Å². The predicted molar refractivity (Wildman–Crippen MR) is 180 cm³/mol. The molecule has 234 valence electrons. The van der Waals surface area contributed by atoms with Crippen molar-refractivity contribution >= 4 is 29.1 Å². The van der Waals surface area contributed by atoms with Gasteiger partial charge in [-0.1, -0.05) is 95.3 Å². The standard InChI is InChI=1S/C37H40N2O5S/c1-9-44-34(42)29-30(23-14-11-10-12-15-23)38-35-39(31(29)24-16-13-17-25(21-24)43-8)33(41)28(45-35)20-22-18-26(36(2,3)4)32(40)27(19-22)37(5,6)7/h10-21,31,40H,9H2,1-8H3/b28-20+/t31-/m0/s1. The van der Waals surface area contributed by atoms with Crippen LogP contribution in [0, 0.1) is 0 Å². The van der Waals surface area contributed by atoms with Crippen molar-refractivity contribution in [3.05, 3.63) is 120 Å². The number of carbonyl (C=O) groups excluding carboxylic acids is 1. The first-order valence-corrected chi connectivity index (χ1v) is 15.9. The maximum absolute atomic E-state index is 14.4. The number of aromatic hydroxyl groups is 1. The molecule has 0 spiro atoms. The first-order chi connectivity index (χ1) is 21.2. The second-order valence-corrected chi connectivity index (χ2v) is 14.2. The summed E-state index contributed by atoms with van der Waals surface area (Å²) in [7, 11) is 1.58. The number of thiazole rings is 1. The smallest absolute Gasteiger partial charge is 0.338 e. The molecule has 3 aromatic carbocycles. The van der Waals surface area contributed by atoms with Crippen molar-refractivity contribution in [1.82, 2.24) is 4.57 Å². The monoisotopic (exact) mass is 624 g/mol. The molecule has 7 nitrogen and oxygen atoms in total. The molecule has 0 radical (unpaired) electrons. The zero-order chi connectivity index (χ0) is 32.7. The van der Waals surface area contributed by atoms with Gasteiger partial charge in [0.2, 0.25) is 0 Å². The molecule has 1 aliphatic rings. The molecule has 1 aliphatic heterocycles. The topological polar surface area (TPSA) is 90.1 Å². The van der Waals surface area contributed by atoms with Crippen molar-refractivity contribution in [1.29, 1.82) is 0 Å². The Kier molecular flexibility index (Phi) is 8.64. The third-order valence-corrected chi connectivity index (χ3v) is 8.81. The molecule has 0 saturated carbocycles. The van der Waals surface area contributed by atoms with Gasteiger partial charge in [-0.2, -0.15) is 0 Å². The number of ether oxygens (including phenoxy) is 2. The number of rotatable bonds is 6. The Bertz CT molecular complexity index is 1940. The Balaban J connectivity index is 1.84. The molecule has 1 N–H and O–H groups in total. The molecule has 1 aromatic heterocycles. The van der Waals surface area contributed by atoms with Crippen LogP contribution in [0.15, 0.2) is 82.1 Å². The molecule has 0 amide bonds. The highest BCUT2D eigenvalue weighted by Crippen LogP contribution is 2.40. The average Bonchev–Trinajstić information content (AvgIpc) is 3.30. The molecule has 45 heavy (non-hydrogen) atoms. The molecule has 8 heteroatoms. The number of methoxy groups -OCH3 is 1. The fraction of sp³-hybridized carbons (Fsp3) is 0.324. The number of hydrogen-bond donors (Lipinski definition) is 1. The minimum Gasteiger partial charge on any atom is -0.507 e. The molecule has 4 aromatic rings. The molecule has 0 unspecified atom stereocenters. The van der Waals surface area contributed by atoms with Gasteiger partial charge in [-0.3, -0.25) is 9.36 Å². The number of carbonyl (C=O) groups is 1. The third kappa shape index (κ3) is 6.25. The van der Waals surface area contributed by atoms with E-state index in [0.29, 0.717) is 26.3 Å². The molecule has 0 saturated heterocycles. The molecule has 5 rings (SSSR count). The Labute approximate surface area is 267 Å². The van der Waals surface area contributed by atoms with Gasteiger partial charge in [-0.05, 0) is 59.2 Å². The average molecular weight is 625 g/mol. The van der Waals surface area contributed by atoms with E-state index in [1.165, 1.54) is 11.3 Å². The van der Waals surface area contributed by atoms with Crippen molar-refractivity contribution < 1.29 is 19.4 Å². The van der Waals surface area contributed by atoms with Crippen LogP contribution in [-0.2, 0) is 20.4 Å². The lowest BCUT2D eigenvalue weighted by Crippen LogP contribution is -2.40. The Morgan fingerprint density at radius 2 is 1.62 bits per heavy atom. The van der Waals surface area contributed by atoms with Crippen LogP contribution >= 0.6 is 11.3 Å². The number of phenolic OH excluding ortho intramolecular Hbond substituents is 1. The van der Waals surface area contributed by atoms with Crippen molar-refractivity contribution in [3.8, 4) is 11.5 Å². The zero-order valence-corrected chi connectivity index (χ0v) is 27.9. The van der Waals surface area contributed by atoms with E-state index in [9.17, 15) is 14.7 Å². The summed E-state index contributed by atoms with van der Waals surface area (Å²) >= 11 is 1.27. The van der Waals surface area contributed by atoms with Crippen LogP contribution in [0.4, 0.5) is 0 Å². The second-order valence-electron chi connectivity index (χ2n) is 13.2. The van der Waals surface area contributed by atoms with Gasteiger partial charge in [0.25, 0.3) is 5.56 Å². The fourth-order valence-corrected chi connectivity index (χ4v) is 6.60. The van der Waals surface area contributed by atoms with Gasteiger partial charge in [-0.25, -0.2) is 9.79 Å². The van der Waals surface area contributed by atoms with E-state index >= 15 is 0 Å². The number of fused-ring (bicyclic) bond motifs is 1. The zero-order valence-electron chi connectivity index (χ0n) is 27.1. The van der Waals surface area contributed by atoms with Gasteiger partial charge in [0.15, 0.2) is 4.80 Å². The highest BCUT2D eigenvalue weighted by molar-refractivity contribution is 7.07. The molecule has 2 heterocycles. The maximum Gasteiger partial charge on any atom is 0.338 e. The highest BCUT2D eigenvalue weighted by atomic mass is 32.1. The Morgan fingerprint density at radius 1 is 0.978 bits per heavy atom. The van der Waals surface area contributed by atoms with E-state index in [1.54, 1.807) is 18.6 Å². The van der Waals surface area contributed by atoms with Gasteiger partial charge >= 0.3 is 5.97 Å². The number of hydrogen-bond acceptors (Lipinski definition) is 7. The van der Waals surface area contributed by atoms with Crippen LogP contribution < -0.4 is 19.6 Å². The minimum absolute atomic E-state index is 0.173. The van der Waals surface area contributed by atoms with Crippen LogP contribution in [0.3, 0.4) is 0 Å². The van der Waals surface area contributed by atoms with Crippen LogP contribution in [-0.4, -0.2) is 29.4 Å². The summed E-state index contributed by atoms with van der Waals surface area (Å²) in [5.41, 5.74) is 3.67. The first-order valence-electron chi connectivity index (χ1n) is 15.0. The van der Waals surface area contributed by atoms with Crippen LogP contribution in [0.25, 0.3) is 11.8 Å². The van der Waals surface area contributed by atoms with E-state index in [-0.39, 0.29) is 34.3 Å². The largest absolute Gasteiger partial charge is 0.507 e. The molecular weight excluding hydrogens is 584 g/mol.